The van der Waals surface area contributed by atoms with Crippen LogP contribution in [0.2, 0.25) is 64.1 Å². The van der Waals surface area contributed by atoms with E-state index < -0.39 is 24.2 Å². The Hall–Kier alpha value is 0.0775. The molecule has 0 rings (SSSR count). The Labute approximate surface area is 138 Å². The van der Waals surface area contributed by atoms with Gasteiger partial charge >= 0.3 is 5.97 Å². The van der Waals surface area contributed by atoms with Gasteiger partial charge in [-0.2, -0.15) is 0 Å². The van der Waals surface area contributed by atoms with Gasteiger partial charge in [-0.15, -0.1) is 0 Å². The van der Waals surface area contributed by atoms with Gasteiger partial charge in [-0.3, -0.25) is 0 Å². The molecule has 0 saturated carbocycles. The second kappa shape index (κ2) is 6.29. The summed E-state index contributed by atoms with van der Waals surface area (Å²) in [5.74, 6) is -0.186. The van der Waals surface area contributed by atoms with E-state index in [9.17, 15) is 4.79 Å². The molecule has 0 fully saturated rings. The largest absolute Gasteiger partial charge is 0.465 e. The second-order valence-electron chi connectivity index (χ2n) is 9.69. The fourth-order valence-corrected chi connectivity index (χ4v) is 29.5. The first-order valence-corrected chi connectivity index (χ1v) is 19.5. The van der Waals surface area contributed by atoms with Crippen molar-refractivity contribution in [2.24, 2.45) is 0 Å². The highest BCUT2D eigenvalue weighted by Crippen LogP contribution is 2.46. The Balaban J connectivity index is 6.12. The molecule has 1 unspecified atom stereocenters. The van der Waals surface area contributed by atoms with E-state index in [0.717, 1.165) is 10.2 Å². The van der Waals surface area contributed by atoms with Crippen molar-refractivity contribution in [3.8, 4) is 0 Å². The van der Waals surface area contributed by atoms with Crippen molar-refractivity contribution in [2.45, 2.75) is 75.9 Å². The zero-order valence-electron chi connectivity index (χ0n) is 16.1. The summed E-state index contributed by atoms with van der Waals surface area (Å²) in [5.41, 5.74) is 0.526. The molecule has 1 atom stereocenters. The summed E-state index contributed by atoms with van der Waals surface area (Å²) in [7, 11) is -3.63. The standard InChI is InChI=1S/C15H36O2Si4/c1-12(2)13(16)17-15(18,21(9,10)11)14(19(3,4)5)20(6,7)8/h14H,1H2,2-11,18H3. The SMILES string of the molecule is C=C(C)C(=O)OC([SiH3])(C([Si](C)(C)C)[Si](C)(C)C)[Si](C)(C)C. The van der Waals surface area contributed by atoms with Crippen LogP contribution in [0.5, 0.6) is 0 Å². The van der Waals surface area contributed by atoms with Gasteiger partial charge in [0.1, 0.15) is 0 Å². The topological polar surface area (TPSA) is 26.3 Å². The van der Waals surface area contributed by atoms with Crippen LogP contribution in [-0.4, -0.2) is 45.3 Å². The van der Waals surface area contributed by atoms with Crippen molar-refractivity contribution in [1.29, 1.82) is 0 Å². The molecule has 0 aliphatic heterocycles. The van der Waals surface area contributed by atoms with Gasteiger partial charge in [-0.1, -0.05) is 65.5 Å². The van der Waals surface area contributed by atoms with Gasteiger partial charge < -0.3 is 4.74 Å². The molecule has 0 aromatic heterocycles. The van der Waals surface area contributed by atoms with E-state index in [4.69, 9.17) is 4.74 Å². The Morgan fingerprint density at radius 2 is 1.33 bits per heavy atom. The highest BCUT2D eigenvalue weighted by molar-refractivity contribution is 7.01. The molecule has 0 saturated heterocycles. The molecule has 0 aromatic rings. The smallest absolute Gasteiger partial charge is 0.332 e. The fraction of sp³-hybridized carbons (Fsp3) is 0.800. The Kier molecular flexibility index (Phi) is 6.32. The predicted molar refractivity (Wildman–Crippen MR) is 107 cm³/mol. The zero-order chi connectivity index (χ0) is 17.4. The van der Waals surface area contributed by atoms with Crippen molar-refractivity contribution in [3.05, 3.63) is 12.2 Å². The zero-order valence-corrected chi connectivity index (χ0v) is 21.1. The molecule has 0 N–H and O–H groups in total. The minimum atomic E-state index is -1.66. The monoisotopic (exact) mass is 360 g/mol. The predicted octanol–water partition coefficient (Wildman–Crippen LogP) is 3.63. The van der Waals surface area contributed by atoms with Crippen molar-refractivity contribution in [2.75, 3.05) is 0 Å². The molecule has 124 valence electrons. The van der Waals surface area contributed by atoms with E-state index in [2.05, 4.69) is 65.5 Å². The van der Waals surface area contributed by atoms with E-state index >= 15 is 0 Å². The average Bonchev–Trinajstić information content (AvgIpc) is 2.09. The molecule has 21 heavy (non-hydrogen) atoms. The quantitative estimate of drug-likeness (QED) is 0.411. The Morgan fingerprint density at radius 1 is 1.00 bits per heavy atom. The lowest BCUT2D eigenvalue weighted by Gasteiger charge is -2.55. The third kappa shape index (κ3) is 5.04. The minimum absolute atomic E-state index is 0.183. The van der Waals surface area contributed by atoms with Crippen LogP contribution in [0, 0.1) is 0 Å². The number of ether oxygens (including phenoxy) is 1. The lowest BCUT2D eigenvalue weighted by Crippen LogP contribution is -2.68. The van der Waals surface area contributed by atoms with Crippen LogP contribution in [0.1, 0.15) is 6.92 Å². The highest BCUT2D eigenvalue weighted by Gasteiger charge is 2.57. The number of rotatable bonds is 6. The highest BCUT2D eigenvalue weighted by atomic mass is 28.4. The average molecular weight is 361 g/mol. The van der Waals surface area contributed by atoms with Crippen molar-refractivity contribution in [3.63, 3.8) is 0 Å². The fourth-order valence-electron chi connectivity index (χ4n) is 3.88. The minimum Gasteiger partial charge on any atom is -0.465 e. The van der Waals surface area contributed by atoms with Crippen LogP contribution in [0.3, 0.4) is 0 Å². The normalized spacial score (nSPS) is 16.7. The van der Waals surface area contributed by atoms with E-state index in [0.29, 0.717) is 10.7 Å². The van der Waals surface area contributed by atoms with Gasteiger partial charge in [0.15, 0.2) is 0 Å². The molecule has 0 aliphatic carbocycles. The third-order valence-electron chi connectivity index (χ3n) is 4.43. The number of hydrogen-bond acceptors (Lipinski definition) is 2. The molecule has 0 amide bonds. The van der Waals surface area contributed by atoms with E-state index in [1.54, 1.807) is 6.92 Å². The molecule has 0 aromatic carbocycles. The second-order valence-corrected chi connectivity index (χ2v) is 28.9. The molecular weight excluding hydrogens is 325 g/mol. The van der Waals surface area contributed by atoms with Gasteiger partial charge in [-0.25, -0.2) is 4.79 Å². The summed E-state index contributed by atoms with van der Waals surface area (Å²) >= 11 is 0. The molecule has 6 heteroatoms. The maximum atomic E-state index is 12.3. The van der Waals surface area contributed by atoms with Crippen LogP contribution in [-0.2, 0) is 9.53 Å². The number of carbonyl (C=O) groups excluding carboxylic acids is 1. The molecule has 0 heterocycles. The first kappa shape index (κ1) is 21.1. The van der Waals surface area contributed by atoms with Crippen LogP contribution >= 0.6 is 0 Å². The third-order valence-corrected chi connectivity index (χ3v) is 24.6. The summed E-state index contributed by atoms with van der Waals surface area (Å²) in [5, 5.41) is 0.596. The van der Waals surface area contributed by atoms with E-state index in [1.807, 2.05) is 0 Å². The first-order chi connectivity index (χ1) is 8.94. The molecule has 0 aliphatic rings. The molecule has 0 radical (unpaired) electrons. The lowest BCUT2D eigenvalue weighted by atomic mass is 10.4. The van der Waals surface area contributed by atoms with Gasteiger partial charge in [-0.05, 0) is 12.1 Å². The Bertz CT molecular complexity index is 399. The summed E-state index contributed by atoms with van der Waals surface area (Å²) in [6.45, 7) is 27.3. The van der Waals surface area contributed by atoms with Crippen LogP contribution < -0.4 is 0 Å². The molecular formula is C15H36O2Si4. The van der Waals surface area contributed by atoms with Crippen molar-refractivity contribution >= 4 is 40.4 Å². The summed E-state index contributed by atoms with van der Waals surface area (Å²) in [4.78, 5) is 12.1. The summed E-state index contributed by atoms with van der Waals surface area (Å²) < 4.78 is 6.23. The van der Waals surface area contributed by atoms with E-state index in [-0.39, 0.29) is 10.8 Å². The van der Waals surface area contributed by atoms with Gasteiger partial charge in [0, 0.05) is 21.7 Å². The number of carbonyl (C=O) groups is 1. The summed E-state index contributed by atoms with van der Waals surface area (Å²) in [6.07, 6.45) is 0. The lowest BCUT2D eigenvalue weighted by molar-refractivity contribution is -0.143. The van der Waals surface area contributed by atoms with Crippen molar-refractivity contribution in [1.82, 2.24) is 0 Å². The number of esters is 1. The summed E-state index contributed by atoms with van der Waals surface area (Å²) in [6, 6.07) is 0. The number of hydrogen-bond donors (Lipinski definition) is 0. The Morgan fingerprint density at radius 3 is 1.52 bits per heavy atom. The van der Waals surface area contributed by atoms with Crippen molar-refractivity contribution < 1.29 is 9.53 Å². The molecule has 0 spiro atoms. The van der Waals surface area contributed by atoms with Gasteiger partial charge in [0.25, 0.3) is 0 Å². The van der Waals surface area contributed by atoms with Gasteiger partial charge in [0.05, 0.1) is 23.2 Å². The van der Waals surface area contributed by atoms with E-state index in [1.165, 1.54) is 0 Å². The first-order valence-electron chi connectivity index (χ1n) is 7.83. The van der Waals surface area contributed by atoms with Crippen LogP contribution in [0.15, 0.2) is 12.2 Å². The maximum absolute atomic E-state index is 12.3. The molecule has 2 nitrogen and oxygen atoms in total. The van der Waals surface area contributed by atoms with Crippen LogP contribution in [0.25, 0.3) is 0 Å². The van der Waals surface area contributed by atoms with Gasteiger partial charge in [0.2, 0.25) is 0 Å². The maximum Gasteiger partial charge on any atom is 0.332 e. The van der Waals surface area contributed by atoms with Crippen LogP contribution in [0.4, 0.5) is 0 Å². The molecule has 0 bridgehead atoms.